The molecule has 1 aromatic carbocycles. The van der Waals surface area contributed by atoms with Crippen molar-refractivity contribution < 1.29 is 5.11 Å². The predicted octanol–water partition coefficient (Wildman–Crippen LogP) is 3.52. The number of anilines is 2. The number of pyridine rings is 1. The third-order valence-corrected chi connectivity index (χ3v) is 3.18. The summed E-state index contributed by atoms with van der Waals surface area (Å²) in [6.07, 6.45) is 1.22. The first-order valence-electron chi connectivity index (χ1n) is 6.44. The van der Waals surface area contributed by atoms with E-state index in [1.807, 2.05) is 24.1 Å². The van der Waals surface area contributed by atoms with Gasteiger partial charge in [-0.05, 0) is 50.1 Å². The molecule has 0 spiro atoms. The molecule has 0 bridgehead atoms. The lowest BCUT2D eigenvalue weighted by Crippen LogP contribution is -2.14. The molecule has 100 valence electrons. The molecule has 0 aliphatic heterocycles. The van der Waals surface area contributed by atoms with Crippen LogP contribution in [0.3, 0.4) is 0 Å². The van der Waals surface area contributed by atoms with Crippen molar-refractivity contribution in [3.8, 4) is 0 Å². The van der Waals surface area contributed by atoms with Crippen LogP contribution in [0.2, 0.25) is 0 Å². The van der Waals surface area contributed by atoms with E-state index in [1.165, 1.54) is 11.1 Å². The number of aliphatic hydroxyl groups excluding tert-OH is 1. The van der Waals surface area contributed by atoms with Crippen LogP contribution < -0.4 is 4.90 Å². The number of aryl methyl sites for hydroxylation is 2. The molecule has 0 fully saturated rings. The summed E-state index contributed by atoms with van der Waals surface area (Å²) in [6, 6.07) is 10.1. The van der Waals surface area contributed by atoms with Crippen LogP contribution in [0.5, 0.6) is 0 Å². The topological polar surface area (TPSA) is 36.4 Å². The molecule has 1 aromatic heterocycles. The van der Waals surface area contributed by atoms with Gasteiger partial charge in [0.15, 0.2) is 0 Å². The van der Waals surface area contributed by atoms with Gasteiger partial charge >= 0.3 is 0 Å². The Morgan fingerprint density at radius 2 is 1.79 bits per heavy atom. The molecule has 0 saturated carbocycles. The highest BCUT2D eigenvalue weighted by Crippen LogP contribution is 2.29. The maximum Gasteiger partial charge on any atom is 0.138 e. The van der Waals surface area contributed by atoms with Gasteiger partial charge in [0.1, 0.15) is 5.82 Å². The van der Waals surface area contributed by atoms with Crippen LogP contribution in [0.25, 0.3) is 0 Å². The van der Waals surface area contributed by atoms with Crippen LogP contribution in [0, 0.1) is 13.8 Å². The van der Waals surface area contributed by atoms with E-state index in [0.717, 1.165) is 17.1 Å². The Morgan fingerprint density at radius 1 is 1.16 bits per heavy atom. The molecular formula is C16H20N2O. The van der Waals surface area contributed by atoms with Crippen LogP contribution in [-0.2, 0) is 0 Å². The standard InChI is InChI=1S/C16H20N2O/c1-11-8-12(2)10-14(9-11)18(4)16-15(13(3)19)6-5-7-17-16/h5-10,13,19H,1-4H3/t13-/m1/s1. The summed E-state index contributed by atoms with van der Waals surface area (Å²) in [6.45, 7) is 5.92. The quantitative estimate of drug-likeness (QED) is 0.912. The molecule has 0 radical (unpaired) electrons. The molecule has 0 aliphatic carbocycles. The fraction of sp³-hybridized carbons (Fsp3) is 0.312. The van der Waals surface area contributed by atoms with Gasteiger partial charge in [0.25, 0.3) is 0 Å². The van der Waals surface area contributed by atoms with E-state index in [0.29, 0.717) is 0 Å². The molecule has 0 aliphatic rings. The summed E-state index contributed by atoms with van der Waals surface area (Å²) in [5, 5.41) is 9.84. The Labute approximate surface area is 114 Å². The van der Waals surface area contributed by atoms with Crippen LogP contribution in [0.15, 0.2) is 36.5 Å². The second kappa shape index (κ2) is 5.41. The Hall–Kier alpha value is -1.87. The molecule has 1 N–H and O–H groups in total. The summed E-state index contributed by atoms with van der Waals surface area (Å²) in [5.41, 5.74) is 4.36. The Bertz CT molecular complexity index is 558. The van der Waals surface area contributed by atoms with Crippen LogP contribution in [0.1, 0.15) is 29.7 Å². The molecule has 19 heavy (non-hydrogen) atoms. The van der Waals surface area contributed by atoms with Crippen molar-refractivity contribution in [3.05, 3.63) is 53.2 Å². The van der Waals surface area contributed by atoms with Gasteiger partial charge in [-0.25, -0.2) is 4.98 Å². The van der Waals surface area contributed by atoms with E-state index in [-0.39, 0.29) is 0 Å². The largest absolute Gasteiger partial charge is 0.389 e. The number of rotatable bonds is 3. The minimum atomic E-state index is -0.531. The van der Waals surface area contributed by atoms with Gasteiger partial charge in [-0.2, -0.15) is 0 Å². The van der Waals surface area contributed by atoms with E-state index >= 15 is 0 Å². The zero-order valence-corrected chi connectivity index (χ0v) is 11.9. The average Bonchev–Trinajstić information content (AvgIpc) is 2.36. The number of aromatic nitrogens is 1. The molecule has 1 heterocycles. The summed E-state index contributed by atoms with van der Waals surface area (Å²) < 4.78 is 0. The van der Waals surface area contributed by atoms with E-state index in [2.05, 4.69) is 37.0 Å². The maximum absolute atomic E-state index is 9.84. The smallest absolute Gasteiger partial charge is 0.138 e. The maximum atomic E-state index is 9.84. The van der Waals surface area contributed by atoms with Crippen molar-refractivity contribution in [2.45, 2.75) is 26.9 Å². The lowest BCUT2D eigenvalue weighted by atomic mass is 10.1. The minimum Gasteiger partial charge on any atom is -0.389 e. The van der Waals surface area contributed by atoms with E-state index < -0.39 is 6.10 Å². The van der Waals surface area contributed by atoms with Crippen molar-refractivity contribution in [2.75, 3.05) is 11.9 Å². The van der Waals surface area contributed by atoms with Gasteiger partial charge in [-0.1, -0.05) is 12.1 Å². The highest BCUT2D eigenvalue weighted by molar-refractivity contribution is 5.63. The zero-order valence-electron chi connectivity index (χ0n) is 11.9. The van der Waals surface area contributed by atoms with Crippen molar-refractivity contribution in [1.29, 1.82) is 0 Å². The first-order chi connectivity index (χ1) is 8.99. The van der Waals surface area contributed by atoms with Crippen LogP contribution in [-0.4, -0.2) is 17.1 Å². The SMILES string of the molecule is Cc1cc(C)cc(N(C)c2ncccc2[C@@H](C)O)c1. The Balaban J connectivity index is 2.46. The van der Waals surface area contributed by atoms with Gasteiger partial charge in [0, 0.05) is 24.5 Å². The van der Waals surface area contributed by atoms with Crippen LogP contribution in [0.4, 0.5) is 11.5 Å². The van der Waals surface area contributed by atoms with Crippen LogP contribution >= 0.6 is 0 Å². The second-order valence-corrected chi connectivity index (χ2v) is 5.00. The Morgan fingerprint density at radius 3 is 2.37 bits per heavy atom. The van der Waals surface area contributed by atoms with Gasteiger partial charge in [-0.15, -0.1) is 0 Å². The first kappa shape index (κ1) is 13.6. The number of hydrogen-bond donors (Lipinski definition) is 1. The molecular weight excluding hydrogens is 236 g/mol. The third-order valence-electron chi connectivity index (χ3n) is 3.18. The lowest BCUT2D eigenvalue weighted by molar-refractivity contribution is 0.199. The van der Waals surface area contributed by atoms with Gasteiger partial charge in [0.2, 0.25) is 0 Å². The molecule has 0 unspecified atom stereocenters. The molecule has 3 nitrogen and oxygen atoms in total. The summed E-state index contributed by atoms with van der Waals surface area (Å²) in [7, 11) is 1.97. The zero-order chi connectivity index (χ0) is 14.0. The van der Waals surface area contributed by atoms with Crippen molar-refractivity contribution in [2.24, 2.45) is 0 Å². The molecule has 3 heteroatoms. The number of hydrogen-bond acceptors (Lipinski definition) is 3. The monoisotopic (exact) mass is 256 g/mol. The first-order valence-corrected chi connectivity index (χ1v) is 6.44. The van der Waals surface area contributed by atoms with Gasteiger partial charge < -0.3 is 10.0 Å². The van der Waals surface area contributed by atoms with Crippen molar-refractivity contribution in [1.82, 2.24) is 4.98 Å². The van der Waals surface area contributed by atoms with Crippen molar-refractivity contribution in [3.63, 3.8) is 0 Å². The van der Waals surface area contributed by atoms with E-state index in [1.54, 1.807) is 13.1 Å². The lowest BCUT2D eigenvalue weighted by Gasteiger charge is -2.23. The highest BCUT2D eigenvalue weighted by Gasteiger charge is 2.14. The third kappa shape index (κ3) is 2.93. The number of nitrogens with zero attached hydrogens (tertiary/aromatic N) is 2. The van der Waals surface area contributed by atoms with E-state index in [9.17, 15) is 5.11 Å². The molecule has 2 aromatic rings. The summed E-state index contributed by atoms with van der Waals surface area (Å²) >= 11 is 0. The number of benzene rings is 1. The average molecular weight is 256 g/mol. The molecule has 2 rings (SSSR count). The molecule has 0 amide bonds. The highest BCUT2D eigenvalue weighted by atomic mass is 16.3. The van der Waals surface area contributed by atoms with Gasteiger partial charge in [0.05, 0.1) is 6.10 Å². The molecule has 0 saturated heterocycles. The fourth-order valence-corrected chi connectivity index (χ4v) is 2.28. The van der Waals surface area contributed by atoms with E-state index in [4.69, 9.17) is 0 Å². The Kier molecular flexibility index (Phi) is 3.86. The second-order valence-electron chi connectivity index (χ2n) is 5.00. The molecule has 1 atom stereocenters. The minimum absolute atomic E-state index is 0.531. The normalized spacial score (nSPS) is 12.3. The van der Waals surface area contributed by atoms with Gasteiger partial charge in [-0.3, -0.25) is 0 Å². The number of aliphatic hydroxyl groups is 1. The summed E-state index contributed by atoms with van der Waals surface area (Å²) in [4.78, 5) is 6.42. The predicted molar refractivity (Wildman–Crippen MR) is 78.8 cm³/mol. The summed E-state index contributed by atoms with van der Waals surface area (Å²) in [5.74, 6) is 0.794. The fourth-order valence-electron chi connectivity index (χ4n) is 2.28. The van der Waals surface area contributed by atoms with Crippen molar-refractivity contribution >= 4 is 11.5 Å².